The monoisotopic (exact) mass is 322 g/mol. The van der Waals surface area contributed by atoms with Crippen molar-refractivity contribution in [2.75, 3.05) is 39.4 Å². The number of halogens is 1. The average molecular weight is 322 g/mol. The molecule has 1 amide bonds. The van der Waals surface area contributed by atoms with Crippen molar-refractivity contribution in [2.24, 2.45) is 0 Å². The van der Waals surface area contributed by atoms with Gasteiger partial charge in [-0.3, -0.25) is 14.5 Å². The van der Waals surface area contributed by atoms with E-state index in [1.807, 2.05) is 4.90 Å². The van der Waals surface area contributed by atoms with Crippen LogP contribution in [0.3, 0.4) is 0 Å². The lowest BCUT2D eigenvalue weighted by molar-refractivity contribution is -0.152. The van der Waals surface area contributed by atoms with Gasteiger partial charge >= 0.3 is 5.97 Å². The van der Waals surface area contributed by atoms with Crippen LogP contribution in [-0.2, 0) is 9.53 Å². The maximum atomic E-state index is 13.2. The molecule has 0 aliphatic carbocycles. The van der Waals surface area contributed by atoms with Crippen LogP contribution in [0.4, 0.5) is 4.39 Å². The Balaban J connectivity index is 1.66. The summed E-state index contributed by atoms with van der Waals surface area (Å²) in [6, 6.07) is 5.61. The first-order chi connectivity index (χ1) is 11.0. The number of aliphatic carboxylic acids is 1. The van der Waals surface area contributed by atoms with Gasteiger partial charge in [0.2, 0.25) is 0 Å². The number of benzene rings is 1. The Labute approximate surface area is 133 Å². The highest BCUT2D eigenvalue weighted by Gasteiger charge is 2.48. The Morgan fingerprint density at radius 3 is 2.52 bits per heavy atom. The zero-order valence-corrected chi connectivity index (χ0v) is 12.7. The van der Waals surface area contributed by atoms with Crippen LogP contribution < -0.4 is 0 Å². The van der Waals surface area contributed by atoms with E-state index in [0.717, 1.165) is 0 Å². The number of hydrogen-bond donors (Lipinski definition) is 1. The summed E-state index contributed by atoms with van der Waals surface area (Å²) >= 11 is 0. The fraction of sp³-hybridized carbons (Fsp3) is 0.500. The van der Waals surface area contributed by atoms with Crippen molar-refractivity contribution in [3.8, 4) is 0 Å². The molecule has 0 aromatic heterocycles. The fourth-order valence-electron chi connectivity index (χ4n) is 3.25. The quantitative estimate of drug-likeness (QED) is 0.892. The van der Waals surface area contributed by atoms with Crippen LogP contribution in [-0.4, -0.2) is 71.7 Å². The zero-order valence-electron chi connectivity index (χ0n) is 12.7. The van der Waals surface area contributed by atoms with E-state index in [0.29, 0.717) is 44.8 Å². The van der Waals surface area contributed by atoms with E-state index in [1.54, 1.807) is 11.0 Å². The number of carbonyl (C=O) groups excluding carboxylic acids is 1. The van der Waals surface area contributed by atoms with Crippen molar-refractivity contribution < 1.29 is 23.8 Å². The van der Waals surface area contributed by atoms with Gasteiger partial charge in [0.1, 0.15) is 11.4 Å². The molecule has 7 heteroatoms. The molecule has 124 valence electrons. The Kier molecular flexibility index (Phi) is 4.32. The second-order valence-electron chi connectivity index (χ2n) is 5.93. The van der Waals surface area contributed by atoms with Crippen molar-refractivity contribution in [2.45, 2.75) is 12.0 Å². The van der Waals surface area contributed by atoms with Crippen molar-refractivity contribution in [3.05, 3.63) is 35.6 Å². The minimum atomic E-state index is -0.978. The van der Waals surface area contributed by atoms with E-state index in [9.17, 15) is 19.1 Å². The van der Waals surface area contributed by atoms with E-state index in [4.69, 9.17) is 4.74 Å². The summed E-state index contributed by atoms with van der Waals surface area (Å²) in [7, 11) is 0. The maximum Gasteiger partial charge on any atom is 0.326 e. The third-order valence-electron chi connectivity index (χ3n) is 4.64. The van der Waals surface area contributed by atoms with Crippen molar-refractivity contribution in [1.29, 1.82) is 0 Å². The van der Waals surface area contributed by atoms with Gasteiger partial charge in [0.05, 0.1) is 6.61 Å². The third-order valence-corrected chi connectivity index (χ3v) is 4.64. The zero-order chi connectivity index (χ0) is 16.4. The molecule has 2 aliphatic heterocycles. The predicted molar refractivity (Wildman–Crippen MR) is 79.7 cm³/mol. The van der Waals surface area contributed by atoms with E-state index >= 15 is 0 Å². The summed E-state index contributed by atoms with van der Waals surface area (Å²) in [6.07, 6.45) is 0.459. The predicted octanol–water partition coefficient (Wildman–Crippen LogP) is 0.827. The minimum absolute atomic E-state index is 0.181. The van der Waals surface area contributed by atoms with Gasteiger partial charge in [0.15, 0.2) is 0 Å². The lowest BCUT2D eigenvalue weighted by Crippen LogP contribution is -2.61. The highest BCUT2D eigenvalue weighted by molar-refractivity contribution is 5.94. The van der Waals surface area contributed by atoms with Gasteiger partial charge < -0.3 is 14.7 Å². The van der Waals surface area contributed by atoms with E-state index in [2.05, 4.69) is 0 Å². The molecule has 1 aromatic rings. The van der Waals surface area contributed by atoms with Crippen LogP contribution in [0.5, 0.6) is 0 Å². The Morgan fingerprint density at radius 1 is 1.22 bits per heavy atom. The molecule has 23 heavy (non-hydrogen) atoms. The van der Waals surface area contributed by atoms with Crippen LogP contribution in [0, 0.1) is 5.82 Å². The van der Waals surface area contributed by atoms with Gasteiger partial charge in [-0.15, -0.1) is 0 Å². The van der Waals surface area contributed by atoms with Gasteiger partial charge in [-0.25, -0.2) is 4.39 Å². The Morgan fingerprint density at radius 2 is 1.96 bits per heavy atom. The lowest BCUT2D eigenvalue weighted by Gasteiger charge is -2.42. The molecule has 0 saturated carbocycles. The van der Waals surface area contributed by atoms with Crippen molar-refractivity contribution in [3.63, 3.8) is 0 Å². The number of carboxylic acids is 1. The van der Waals surface area contributed by atoms with Crippen molar-refractivity contribution in [1.82, 2.24) is 9.80 Å². The molecule has 2 heterocycles. The maximum absolute atomic E-state index is 13.2. The van der Waals surface area contributed by atoms with Crippen molar-refractivity contribution >= 4 is 11.9 Å². The van der Waals surface area contributed by atoms with E-state index in [1.165, 1.54) is 18.2 Å². The number of ether oxygens (including phenoxy) is 1. The van der Waals surface area contributed by atoms with Crippen LogP contribution in [0.2, 0.25) is 0 Å². The SMILES string of the molecule is O=C(c1cccc(F)c1)N1CCN(C2(C(=O)O)CCOC2)CC1. The fourth-order valence-corrected chi connectivity index (χ4v) is 3.25. The number of carbonyl (C=O) groups is 2. The molecular formula is C16H19FN2O4. The standard InChI is InChI=1S/C16H19FN2O4/c17-13-3-1-2-12(10-13)14(20)18-5-7-19(8-6-18)16(15(21)22)4-9-23-11-16/h1-3,10H,4-9,11H2,(H,21,22). The molecular weight excluding hydrogens is 303 g/mol. The van der Waals surface area contributed by atoms with Gasteiger partial charge in [-0.2, -0.15) is 0 Å². The normalized spacial score (nSPS) is 25.5. The van der Waals surface area contributed by atoms with Gasteiger partial charge in [-0.05, 0) is 18.2 Å². The second kappa shape index (κ2) is 6.25. The lowest BCUT2D eigenvalue weighted by atomic mass is 9.95. The first kappa shape index (κ1) is 15.9. The molecule has 1 atom stereocenters. The van der Waals surface area contributed by atoms with E-state index < -0.39 is 17.3 Å². The van der Waals surface area contributed by atoms with Gasteiger partial charge in [-0.1, -0.05) is 6.07 Å². The highest BCUT2D eigenvalue weighted by atomic mass is 19.1. The number of rotatable bonds is 3. The average Bonchev–Trinajstić information content (AvgIpc) is 3.05. The highest BCUT2D eigenvalue weighted by Crippen LogP contribution is 2.28. The molecule has 0 bridgehead atoms. The molecule has 0 radical (unpaired) electrons. The smallest absolute Gasteiger partial charge is 0.326 e. The molecule has 2 saturated heterocycles. The third kappa shape index (κ3) is 2.94. The summed E-state index contributed by atoms with van der Waals surface area (Å²) in [6.45, 7) is 2.40. The Bertz CT molecular complexity index is 608. The molecule has 2 aliphatic rings. The summed E-state index contributed by atoms with van der Waals surface area (Å²) in [4.78, 5) is 27.6. The molecule has 2 fully saturated rings. The first-order valence-electron chi connectivity index (χ1n) is 7.64. The van der Waals surface area contributed by atoms with Crippen LogP contribution in [0.1, 0.15) is 16.8 Å². The molecule has 0 spiro atoms. The summed E-state index contributed by atoms with van der Waals surface area (Å²) < 4.78 is 18.5. The second-order valence-corrected chi connectivity index (χ2v) is 5.93. The molecule has 1 aromatic carbocycles. The summed E-state index contributed by atoms with van der Waals surface area (Å²) in [5, 5.41) is 9.56. The topological polar surface area (TPSA) is 70.1 Å². The largest absolute Gasteiger partial charge is 0.480 e. The minimum Gasteiger partial charge on any atom is -0.480 e. The van der Waals surface area contributed by atoms with Gasteiger partial charge in [0, 0.05) is 44.8 Å². The summed E-state index contributed by atoms with van der Waals surface area (Å²) in [5.41, 5.74) is -0.663. The number of hydrogen-bond acceptors (Lipinski definition) is 4. The van der Waals surface area contributed by atoms with Crippen LogP contribution in [0.25, 0.3) is 0 Å². The van der Waals surface area contributed by atoms with E-state index in [-0.39, 0.29) is 12.5 Å². The number of carboxylic acid groups (broad SMARTS) is 1. The Hall–Kier alpha value is -1.99. The molecule has 6 nitrogen and oxygen atoms in total. The molecule has 1 unspecified atom stereocenters. The number of piperazine rings is 1. The van der Waals surface area contributed by atoms with Crippen LogP contribution in [0.15, 0.2) is 24.3 Å². The first-order valence-corrected chi connectivity index (χ1v) is 7.64. The molecule has 1 N–H and O–H groups in total. The molecule has 3 rings (SSSR count). The number of amides is 1. The van der Waals surface area contributed by atoms with Gasteiger partial charge in [0.25, 0.3) is 5.91 Å². The van der Waals surface area contributed by atoms with Crippen LogP contribution >= 0.6 is 0 Å². The number of nitrogens with zero attached hydrogens (tertiary/aromatic N) is 2. The summed E-state index contributed by atoms with van der Waals surface area (Å²) in [5.74, 6) is -1.54.